The van der Waals surface area contributed by atoms with E-state index in [1.54, 1.807) is 13.3 Å². The number of furan rings is 1. The van der Waals surface area contributed by atoms with Gasteiger partial charge in [0.05, 0.1) is 6.26 Å². The fourth-order valence-electron chi connectivity index (χ4n) is 2.41. The predicted molar refractivity (Wildman–Crippen MR) is 93.7 cm³/mol. The van der Waals surface area contributed by atoms with Gasteiger partial charge in [-0.25, -0.2) is 0 Å². The van der Waals surface area contributed by atoms with Crippen LogP contribution in [0, 0.1) is 0 Å². The molecule has 1 aliphatic heterocycles. The maximum Gasteiger partial charge on any atom is 0.231 e. The Morgan fingerprint density at radius 1 is 1.20 bits per heavy atom. The van der Waals surface area contributed by atoms with E-state index in [4.69, 9.17) is 18.6 Å². The van der Waals surface area contributed by atoms with Crippen molar-refractivity contribution < 1.29 is 18.6 Å². The zero-order valence-corrected chi connectivity index (χ0v) is 14.3. The van der Waals surface area contributed by atoms with Crippen molar-refractivity contribution in [3.05, 3.63) is 47.9 Å². The van der Waals surface area contributed by atoms with Crippen molar-refractivity contribution >= 4 is 5.96 Å². The molecule has 0 spiro atoms. The zero-order chi connectivity index (χ0) is 17.3. The highest BCUT2D eigenvalue weighted by Gasteiger charge is 2.13. The van der Waals surface area contributed by atoms with Crippen molar-refractivity contribution in [2.75, 3.05) is 27.0 Å². The van der Waals surface area contributed by atoms with Gasteiger partial charge >= 0.3 is 0 Å². The van der Waals surface area contributed by atoms with Crippen LogP contribution in [0.25, 0.3) is 0 Å². The standard InChI is InChI=1S/C18H23N3O4/c1-19-18(20-7-3-8-22-12-15-4-2-9-23-15)21-11-14-5-6-16-17(10-14)25-13-24-16/h2,4-6,9-10H,3,7-8,11-13H2,1H3,(H2,19,20,21). The van der Waals surface area contributed by atoms with Gasteiger partial charge in [-0.05, 0) is 36.2 Å². The fraction of sp³-hybridized carbons (Fsp3) is 0.389. The second kappa shape index (κ2) is 8.98. The van der Waals surface area contributed by atoms with E-state index in [2.05, 4.69) is 15.6 Å². The molecule has 0 saturated carbocycles. The molecule has 0 saturated heterocycles. The largest absolute Gasteiger partial charge is 0.467 e. The molecule has 0 amide bonds. The first kappa shape index (κ1) is 17.2. The molecule has 2 aromatic rings. The first-order valence-electron chi connectivity index (χ1n) is 8.28. The van der Waals surface area contributed by atoms with Gasteiger partial charge in [-0.15, -0.1) is 0 Å². The minimum atomic E-state index is 0.289. The molecule has 0 radical (unpaired) electrons. The molecular weight excluding hydrogens is 322 g/mol. The number of nitrogens with one attached hydrogen (secondary N) is 2. The maximum atomic E-state index is 5.55. The number of hydrogen-bond donors (Lipinski definition) is 2. The van der Waals surface area contributed by atoms with Crippen molar-refractivity contribution in [3.8, 4) is 11.5 Å². The Balaban J connectivity index is 1.31. The molecule has 7 heteroatoms. The van der Waals surface area contributed by atoms with Crippen molar-refractivity contribution in [1.82, 2.24) is 10.6 Å². The number of benzene rings is 1. The molecule has 25 heavy (non-hydrogen) atoms. The summed E-state index contributed by atoms with van der Waals surface area (Å²) in [4.78, 5) is 4.22. The number of rotatable bonds is 8. The Bertz CT molecular complexity index is 686. The van der Waals surface area contributed by atoms with Gasteiger partial charge in [0.2, 0.25) is 6.79 Å². The van der Waals surface area contributed by atoms with E-state index in [1.165, 1.54) is 0 Å². The number of ether oxygens (including phenoxy) is 3. The Morgan fingerprint density at radius 2 is 2.12 bits per heavy atom. The van der Waals surface area contributed by atoms with E-state index in [0.717, 1.165) is 41.7 Å². The van der Waals surface area contributed by atoms with Gasteiger partial charge in [0.1, 0.15) is 12.4 Å². The molecule has 1 aliphatic rings. The third kappa shape index (κ3) is 5.15. The van der Waals surface area contributed by atoms with Crippen LogP contribution in [0.3, 0.4) is 0 Å². The molecule has 2 heterocycles. The van der Waals surface area contributed by atoms with Gasteiger partial charge in [-0.1, -0.05) is 6.07 Å². The third-order valence-electron chi connectivity index (χ3n) is 3.70. The summed E-state index contributed by atoms with van der Waals surface area (Å²) in [7, 11) is 1.75. The van der Waals surface area contributed by atoms with E-state index >= 15 is 0 Å². The van der Waals surface area contributed by atoms with Gasteiger partial charge in [0.25, 0.3) is 0 Å². The second-order valence-corrected chi connectivity index (χ2v) is 5.53. The molecule has 0 atom stereocenters. The van der Waals surface area contributed by atoms with Crippen LogP contribution in [0.2, 0.25) is 0 Å². The molecule has 7 nitrogen and oxygen atoms in total. The van der Waals surface area contributed by atoms with Gasteiger partial charge in [0.15, 0.2) is 17.5 Å². The molecule has 134 valence electrons. The smallest absolute Gasteiger partial charge is 0.231 e. The normalized spacial score (nSPS) is 13.1. The average molecular weight is 345 g/mol. The highest BCUT2D eigenvalue weighted by atomic mass is 16.7. The summed E-state index contributed by atoms with van der Waals surface area (Å²) in [6.07, 6.45) is 2.53. The van der Waals surface area contributed by atoms with E-state index < -0.39 is 0 Å². The topological polar surface area (TPSA) is 77.3 Å². The zero-order valence-electron chi connectivity index (χ0n) is 14.3. The van der Waals surface area contributed by atoms with E-state index in [9.17, 15) is 0 Å². The molecule has 2 N–H and O–H groups in total. The van der Waals surface area contributed by atoms with Gasteiger partial charge in [-0.3, -0.25) is 4.99 Å². The van der Waals surface area contributed by atoms with Crippen molar-refractivity contribution in [3.63, 3.8) is 0 Å². The SMILES string of the molecule is CN=C(NCCCOCc1ccco1)NCc1ccc2c(c1)OCO2. The Morgan fingerprint density at radius 3 is 2.96 bits per heavy atom. The summed E-state index contributed by atoms with van der Waals surface area (Å²) in [5.41, 5.74) is 1.11. The molecular formula is C18H23N3O4. The van der Waals surface area contributed by atoms with Crippen LogP contribution < -0.4 is 20.1 Å². The molecule has 0 unspecified atom stereocenters. The van der Waals surface area contributed by atoms with E-state index in [-0.39, 0.29) is 6.79 Å². The van der Waals surface area contributed by atoms with Crippen LogP contribution in [0.15, 0.2) is 46.0 Å². The summed E-state index contributed by atoms with van der Waals surface area (Å²) in [5, 5.41) is 6.54. The highest BCUT2D eigenvalue weighted by molar-refractivity contribution is 5.79. The molecule has 3 rings (SSSR count). The molecule has 0 aliphatic carbocycles. The number of aliphatic imine (C=N–C) groups is 1. The lowest BCUT2D eigenvalue weighted by atomic mass is 10.2. The van der Waals surface area contributed by atoms with Crippen LogP contribution in [0.1, 0.15) is 17.7 Å². The summed E-state index contributed by atoms with van der Waals surface area (Å²) in [6.45, 7) is 2.89. The Hall–Kier alpha value is -2.67. The quantitative estimate of drug-likeness (QED) is 0.434. The lowest BCUT2D eigenvalue weighted by Gasteiger charge is -2.12. The molecule has 1 aromatic carbocycles. The lowest BCUT2D eigenvalue weighted by molar-refractivity contribution is 0.105. The number of hydrogen-bond acceptors (Lipinski definition) is 5. The van der Waals surface area contributed by atoms with Gasteiger partial charge in [0, 0.05) is 26.7 Å². The Kier molecular flexibility index (Phi) is 6.17. The Labute approximate surface area is 147 Å². The molecule has 0 bridgehead atoms. The van der Waals surface area contributed by atoms with Crippen LogP contribution in [-0.4, -0.2) is 33.0 Å². The molecule has 0 fully saturated rings. The first-order chi connectivity index (χ1) is 12.3. The van der Waals surface area contributed by atoms with Crippen LogP contribution in [0.4, 0.5) is 0 Å². The summed E-state index contributed by atoms with van der Waals surface area (Å²) in [6, 6.07) is 9.67. The van der Waals surface area contributed by atoms with Crippen LogP contribution >= 0.6 is 0 Å². The number of guanidine groups is 1. The van der Waals surface area contributed by atoms with Crippen molar-refractivity contribution in [1.29, 1.82) is 0 Å². The summed E-state index contributed by atoms with van der Waals surface area (Å²) < 4.78 is 21.5. The van der Waals surface area contributed by atoms with Gasteiger partial charge in [-0.2, -0.15) is 0 Å². The van der Waals surface area contributed by atoms with Crippen molar-refractivity contribution in [2.45, 2.75) is 19.6 Å². The average Bonchev–Trinajstić information content (AvgIpc) is 3.31. The molecule has 1 aromatic heterocycles. The third-order valence-corrected chi connectivity index (χ3v) is 3.70. The number of nitrogens with zero attached hydrogens (tertiary/aromatic N) is 1. The van der Waals surface area contributed by atoms with Gasteiger partial charge < -0.3 is 29.3 Å². The predicted octanol–water partition coefficient (Wildman–Crippen LogP) is 2.28. The second-order valence-electron chi connectivity index (χ2n) is 5.53. The minimum absolute atomic E-state index is 0.289. The van der Waals surface area contributed by atoms with E-state index in [0.29, 0.717) is 19.8 Å². The maximum absolute atomic E-state index is 5.55. The highest BCUT2D eigenvalue weighted by Crippen LogP contribution is 2.32. The van der Waals surface area contributed by atoms with Crippen molar-refractivity contribution in [2.24, 2.45) is 4.99 Å². The summed E-state index contributed by atoms with van der Waals surface area (Å²) in [5.74, 6) is 3.18. The minimum Gasteiger partial charge on any atom is -0.467 e. The monoisotopic (exact) mass is 345 g/mol. The first-order valence-corrected chi connectivity index (χ1v) is 8.28. The summed E-state index contributed by atoms with van der Waals surface area (Å²) >= 11 is 0. The number of fused-ring (bicyclic) bond motifs is 1. The fourth-order valence-corrected chi connectivity index (χ4v) is 2.41. The van der Waals surface area contributed by atoms with Crippen LogP contribution in [0.5, 0.6) is 11.5 Å². The van der Waals surface area contributed by atoms with Crippen LogP contribution in [-0.2, 0) is 17.9 Å². The van der Waals surface area contributed by atoms with E-state index in [1.807, 2.05) is 30.3 Å². The lowest BCUT2D eigenvalue weighted by Crippen LogP contribution is -2.37.